The maximum absolute atomic E-state index is 13.9. The van der Waals surface area contributed by atoms with Crippen LogP contribution in [0.15, 0.2) is 36.8 Å². The average Bonchev–Trinajstić information content (AvgIpc) is 3.35. The first-order valence-electron chi connectivity index (χ1n) is 10.3. The SMILES string of the molecule is CCCCc1nc(-c2nc(O)c3c(n2)NC(=O)C3(C)c2cccc(F)c2)cn2ncnc12. The Bertz CT molecular complexity index is 1370. The van der Waals surface area contributed by atoms with Gasteiger partial charge in [0.2, 0.25) is 11.8 Å². The second-order valence-corrected chi connectivity index (χ2v) is 7.89. The minimum absolute atomic E-state index is 0.139. The fourth-order valence-corrected chi connectivity index (χ4v) is 4.05. The number of benzene rings is 1. The number of aryl methyl sites for hydroxylation is 1. The molecule has 0 fully saturated rings. The van der Waals surface area contributed by atoms with Gasteiger partial charge in [0.15, 0.2) is 11.5 Å². The molecule has 1 atom stereocenters. The van der Waals surface area contributed by atoms with Gasteiger partial charge in [0, 0.05) is 0 Å². The Morgan fingerprint density at radius 1 is 1.25 bits per heavy atom. The molecule has 0 saturated heterocycles. The van der Waals surface area contributed by atoms with Gasteiger partial charge in [-0.3, -0.25) is 4.79 Å². The summed E-state index contributed by atoms with van der Waals surface area (Å²) in [5.41, 5.74) is 1.05. The lowest BCUT2D eigenvalue weighted by Gasteiger charge is -2.22. The van der Waals surface area contributed by atoms with Crippen molar-refractivity contribution in [3.8, 4) is 17.4 Å². The fraction of sp³-hybridized carbons (Fsp3) is 0.273. The molecule has 4 heterocycles. The molecular weight excluding hydrogens is 413 g/mol. The van der Waals surface area contributed by atoms with E-state index in [1.807, 2.05) is 0 Å². The molecule has 1 amide bonds. The number of aromatic hydroxyl groups is 1. The van der Waals surface area contributed by atoms with Gasteiger partial charge in [-0.05, 0) is 37.5 Å². The van der Waals surface area contributed by atoms with E-state index in [2.05, 4.69) is 37.3 Å². The van der Waals surface area contributed by atoms with Gasteiger partial charge in [-0.25, -0.2) is 23.9 Å². The van der Waals surface area contributed by atoms with Crippen molar-refractivity contribution in [2.24, 2.45) is 0 Å². The third-order valence-electron chi connectivity index (χ3n) is 5.81. The van der Waals surface area contributed by atoms with Crippen molar-refractivity contribution in [3.63, 3.8) is 0 Å². The molecule has 4 aromatic rings. The van der Waals surface area contributed by atoms with Crippen molar-refractivity contribution >= 4 is 17.4 Å². The zero-order valence-corrected chi connectivity index (χ0v) is 17.5. The molecule has 10 heteroatoms. The summed E-state index contributed by atoms with van der Waals surface area (Å²) < 4.78 is 15.5. The number of fused-ring (bicyclic) bond motifs is 2. The second kappa shape index (κ2) is 7.33. The van der Waals surface area contributed by atoms with Crippen LogP contribution in [0.2, 0.25) is 0 Å². The van der Waals surface area contributed by atoms with Crippen molar-refractivity contribution in [1.29, 1.82) is 0 Å². The van der Waals surface area contributed by atoms with Crippen LogP contribution in [0.25, 0.3) is 17.2 Å². The Morgan fingerprint density at radius 3 is 2.88 bits per heavy atom. The lowest BCUT2D eigenvalue weighted by Crippen LogP contribution is -2.32. The van der Waals surface area contributed by atoms with Gasteiger partial charge in [-0.15, -0.1) is 0 Å². The first-order chi connectivity index (χ1) is 15.4. The van der Waals surface area contributed by atoms with Crippen LogP contribution in [0, 0.1) is 5.82 Å². The van der Waals surface area contributed by atoms with Gasteiger partial charge >= 0.3 is 0 Å². The zero-order valence-electron chi connectivity index (χ0n) is 17.5. The molecule has 5 rings (SSSR count). The summed E-state index contributed by atoms with van der Waals surface area (Å²) in [6, 6.07) is 5.71. The van der Waals surface area contributed by atoms with Crippen LogP contribution < -0.4 is 5.32 Å². The normalized spacial score (nSPS) is 17.5. The molecule has 3 aromatic heterocycles. The van der Waals surface area contributed by atoms with E-state index < -0.39 is 17.1 Å². The lowest BCUT2D eigenvalue weighted by molar-refractivity contribution is -0.119. The smallest absolute Gasteiger partial charge is 0.240 e. The van der Waals surface area contributed by atoms with E-state index in [0.29, 0.717) is 23.3 Å². The number of halogens is 1. The number of rotatable bonds is 5. The summed E-state index contributed by atoms with van der Waals surface area (Å²) >= 11 is 0. The van der Waals surface area contributed by atoms with Gasteiger partial charge < -0.3 is 10.4 Å². The Hall–Kier alpha value is -3.95. The van der Waals surface area contributed by atoms with Crippen molar-refractivity contribution in [2.45, 2.75) is 38.5 Å². The number of nitrogens with zero attached hydrogens (tertiary/aromatic N) is 6. The molecule has 0 bridgehead atoms. The van der Waals surface area contributed by atoms with Gasteiger partial charge in [-0.2, -0.15) is 10.1 Å². The fourth-order valence-electron chi connectivity index (χ4n) is 4.05. The molecule has 1 aliphatic rings. The Balaban J connectivity index is 1.64. The van der Waals surface area contributed by atoms with Crippen molar-refractivity contribution < 1.29 is 14.3 Å². The molecule has 162 valence electrons. The second-order valence-electron chi connectivity index (χ2n) is 7.89. The summed E-state index contributed by atoms with van der Waals surface area (Å²) in [7, 11) is 0. The van der Waals surface area contributed by atoms with E-state index in [1.54, 1.807) is 23.7 Å². The van der Waals surface area contributed by atoms with Crippen LogP contribution in [0.5, 0.6) is 5.88 Å². The lowest BCUT2D eigenvalue weighted by atomic mass is 9.78. The number of amides is 1. The predicted molar refractivity (Wildman–Crippen MR) is 114 cm³/mol. The van der Waals surface area contributed by atoms with Crippen molar-refractivity contribution in [3.05, 3.63) is 59.4 Å². The van der Waals surface area contributed by atoms with E-state index in [9.17, 15) is 14.3 Å². The van der Waals surface area contributed by atoms with Crippen LogP contribution >= 0.6 is 0 Å². The Kier molecular flexibility index (Phi) is 4.58. The van der Waals surface area contributed by atoms with E-state index >= 15 is 0 Å². The molecular formula is C22H20FN7O2. The molecule has 9 nitrogen and oxygen atoms in total. The largest absolute Gasteiger partial charge is 0.493 e. The third kappa shape index (κ3) is 2.98. The van der Waals surface area contributed by atoms with Gasteiger partial charge in [0.25, 0.3) is 0 Å². The standard InChI is InChI=1S/C22H20FN7O2/c1-3-4-8-14-19-24-11-25-30(19)10-15(26-14)17-27-18-16(20(31)28-17)22(2,21(32)29-18)12-6-5-7-13(23)9-12/h5-7,9-11H,3-4,8H2,1-2H3,(H2,27,28,29,31,32). The van der Waals surface area contributed by atoms with Crippen LogP contribution in [0.3, 0.4) is 0 Å². The highest BCUT2D eigenvalue weighted by atomic mass is 19.1. The third-order valence-corrected chi connectivity index (χ3v) is 5.81. The minimum atomic E-state index is -1.34. The highest BCUT2D eigenvalue weighted by molar-refractivity contribution is 6.08. The number of carbonyl (C=O) groups excluding carboxylic acids is 1. The molecule has 1 aliphatic heterocycles. The van der Waals surface area contributed by atoms with E-state index in [0.717, 1.165) is 18.5 Å². The maximum Gasteiger partial charge on any atom is 0.240 e. The maximum atomic E-state index is 13.9. The first-order valence-corrected chi connectivity index (χ1v) is 10.3. The van der Waals surface area contributed by atoms with Gasteiger partial charge in [0.1, 0.15) is 29.1 Å². The highest BCUT2D eigenvalue weighted by Crippen LogP contribution is 2.46. The van der Waals surface area contributed by atoms with E-state index in [1.165, 1.54) is 24.5 Å². The molecule has 2 N–H and O–H groups in total. The van der Waals surface area contributed by atoms with E-state index in [-0.39, 0.29) is 23.1 Å². The number of hydrogen-bond donors (Lipinski definition) is 2. The summed E-state index contributed by atoms with van der Waals surface area (Å²) in [5.74, 6) is -0.971. The summed E-state index contributed by atoms with van der Waals surface area (Å²) in [5, 5.41) is 17.7. The number of aromatic nitrogens is 6. The number of anilines is 1. The van der Waals surface area contributed by atoms with Gasteiger partial charge in [-0.1, -0.05) is 25.5 Å². The highest BCUT2D eigenvalue weighted by Gasteiger charge is 2.48. The minimum Gasteiger partial charge on any atom is -0.493 e. The molecule has 1 aromatic carbocycles. The number of nitrogens with one attached hydrogen (secondary N) is 1. The van der Waals surface area contributed by atoms with Crippen LogP contribution in [-0.4, -0.2) is 40.6 Å². The topological polar surface area (TPSA) is 118 Å². The monoisotopic (exact) mass is 433 g/mol. The van der Waals surface area contributed by atoms with Gasteiger partial charge in [0.05, 0.1) is 17.5 Å². The number of carbonyl (C=O) groups is 1. The van der Waals surface area contributed by atoms with Crippen molar-refractivity contribution in [1.82, 2.24) is 29.5 Å². The first kappa shape index (κ1) is 20.0. The average molecular weight is 433 g/mol. The van der Waals surface area contributed by atoms with Crippen LogP contribution in [0.4, 0.5) is 10.2 Å². The summed E-state index contributed by atoms with van der Waals surface area (Å²) in [6.07, 6.45) is 5.70. The summed E-state index contributed by atoms with van der Waals surface area (Å²) in [6.45, 7) is 3.69. The molecule has 0 radical (unpaired) electrons. The Morgan fingerprint density at radius 2 is 2.09 bits per heavy atom. The molecule has 0 spiro atoms. The molecule has 1 unspecified atom stereocenters. The molecule has 0 saturated carbocycles. The van der Waals surface area contributed by atoms with Crippen molar-refractivity contribution in [2.75, 3.05) is 5.32 Å². The Labute approximate surface area is 182 Å². The predicted octanol–water partition coefficient (Wildman–Crippen LogP) is 3.03. The zero-order chi connectivity index (χ0) is 22.5. The number of hydrogen-bond acceptors (Lipinski definition) is 7. The summed E-state index contributed by atoms with van der Waals surface area (Å²) in [4.78, 5) is 30.6. The van der Waals surface area contributed by atoms with Crippen LogP contribution in [-0.2, 0) is 16.6 Å². The van der Waals surface area contributed by atoms with Crippen LogP contribution in [0.1, 0.15) is 43.5 Å². The van der Waals surface area contributed by atoms with E-state index in [4.69, 9.17) is 0 Å². The molecule has 32 heavy (non-hydrogen) atoms. The quantitative estimate of drug-likeness (QED) is 0.497. The number of unbranched alkanes of at least 4 members (excludes halogenated alkanes) is 1. The molecule has 0 aliphatic carbocycles.